The molecule has 0 amide bonds. The highest BCUT2D eigenvalue weighted by Gasteiger charge is 2.72. The predicted octanol–water partition coefficient (Wildman–Crippen LogP) is 6.62. The van der Waals surface area contributed by atoms with Gasteiger partial charge in [-0.25, -0.2) is 8.78 Å². The smallest absolute Gasteiger partial charge is 0.391 e. The molecule has 10 heteroatoms. The molecule has 0 aromatic heterocycles. The zero-order chi connectivity index (χ0) is 20.5. The van der Waals surface area contributed by atoms with Crippen molar-refractivity contribution in [2.24, 2.45) is 0 Å². The number of halogens is 7. The van der Waals surface area contributed by atoms with Crippen molar-refractivity contribution in [3.8, 4) is 0 Å². The minimum absolute atomic E-state index is 0.0867. The van der Waals surface area contributed by atoms with E-state index >= 15 is 0 Å². The molecule has 0 rings (SSSR count). The molecule has 0 saturated carbocycles. The highest BCUT2D eigenvalue weighted by atomic mass is 28.4. The lowest BCUT2D eigenvalue weighted by Crippen LogP contribution is -2.65. The predicted molar refractivity (Wildman–Crippen MR) is 87.8 cm³/mol. The van der Waals surface area contributed by atoms with Crippen LogP contribution in [0, 0.1) is 0 Å². The Labute approximate surface area is 151 Å². The van der Waals surface area contributed by atoms with E-state index in [-0.39, 0.29) is 44.9 Å². The summed E-state index contributed by atoms with van der Waals surface area (Å²) < 4.78 is 104. The van der Waals surface area contributed by atoms with Crippen LogP contribution in [0.15, 0.2) is 0 Å². The molecule has 0 aliphatic heterocycles. The second-order valence-corrected chi connectivity index (χ2v) is 9.55. The summed E-state index contributed by atoms with van der Waals surface area (Å²) in [5.74, 6) is -4.29. The second kappa shape index (κ2) is 10.8. The van der Waals surface area contributed by atoms with E-state index < -0.39 is 39.0 Å². The molecule has 0 fully saturated rings. The van der Waals surface area contributed by atoms with Crippen molar-refractivity contribution >= 4 is 8.56 Å². The molecule has 0 atom stereocenters. The van der Waals surface area contributed by atoms with Crippen LogP contribution in [0.2, 0.25) is 6.04 Å². The highest BCUT2D eigenvalue weighted by molar-refractivity contribution is 6.70. The molecular weight excluding hydrogens is 385 g/mol. The maximum absolute atomic E-state index is 14.6. The van der Waals surface area contributed by atoms with Crippen molar-refractivity contribution < 1.29 is 39.6 Å². The molecule has 0 aliphatic carbocycles. The highest BCUT2D eigenvalue weighted by Crippen LogP contribution is 2.46. The third-order valence-electron chi connectivity index (χ3n) is 4.11. The minimum atomic E-state index is -4.44. The van der Waals surface area contributed by atoms with Crippen molar-refractivity contribution in [3.63, 3.8) is 0 Å². The first-order chi connectivity index (χ1) is 11.9. The van der Waals surface area contributed by atoms with Crippen LogP contribution in [0.25, 0.3) is 0 Å². The summed E-state index contributed by atoms with van der Waals surface area (Å²) in [6.07, 6.45) is -5.78. The van der Waals surface area contributed by atoms with Gasteiger partial charge in [-0.05, 0) is 32.7 Å². The second-order valence-electron chi connectivity index (χ2n) is 6.13. The maximum atomic E-state index is 14.6. The van der Waals surface area contributed by atoms with Crippen LogP contribution in [-0.4, -0.2) is 39.4 Å². The monoisotopic (exact) mass is 414 g/mol. The Hall–Kier alpha value is -0.353. The van der Waals surface area contributed by atoms with Gasteiger partial charge in [0.2, 0.25) is 0 Å². The Morgan fingerprint density at radius 1 is 0.654 bits per heavy atom. The third kappa shape index (κ3) is 7.34. The lowest BCUT2D eigenvalue weighted by Gasteiger charge is -2.39. The van der Waals surface area contributed by atoms with Gasteiger partial charge in [0.15, 0.2) is 0 Å². The number of hydrogen-bond acceptors (Lipinski definition) is 2. The van der Waals surface area contributed by atoms with Gasteiger partial charge in [0.25, 0.3) is 0 Å². The van der Waals surface area contributed by atoms with Gasteiger partial charge in [0, 0.05) is 26.1 Å². The molecular formula is C16H29F7O2Si. The zero-order valence-electron chi connectivity index (χ0n) is 15.5. The first-order valence-electron chi connectivity index (χ1n) is 8.99. The standard InChI is InChI=1S/C16H29F7O2Si/c1-4-24-26(6-3,25-5-2)16(22,23)14(17,18)12-10-8-7-9-11-13-15(19,20)21/h4-13H2,1-3H3. The van der Waals surface area contributed by atoms with Crippen LogP contribution >= 0.6 is 0 Å². The van der Waals surface area contributed by atoms with Crippen LogP contribution in [0.5, 0.6) is 0 Å². The first kappa shape index (κ1) is 25.6. The zero-order valence-corrected chi connectivity index (χ0v) is 16.5. The van der Waals surface area contributed by atoms with Crippen LogP contribution in [0.4, 0.5) is 30.7 Å². The van der Waals surface area contributed by atoms with Gasteiger partial charge >= 0.3 is 26.2 Å². The van der Waals surface area contributed by atoms with Crippen LogP contribution in [0.3, 0.4) is 0 Å². The van der Waals surface area contributed by atoms with Crippen molar-refractivity contribution in [2.45, 2.75) is 89.4 Å². The molecule has 0 aromatic carbocycles. The summed E-state index contributed by atoms with van der Waals surface area (Å²) in [4.78, 5) is 0. The molecule has 0 spiro atoms. The van der Waals surface area contributed by atoms with Gasteiger partial charge in [-0.2, -0.15) is 22.0 Å². The van der Waals surface area contributed by atoms with E-state index in [1.54, 1.807) is 0 Å². The molecule has 158 valence electrons. The number of hydrogen-bond donors (Lipinski definition) is 0. The molecule has 0 unspecified atom stereocenters. The van der Waals surface area contributed by atoms with Crippen LogP contribution in [0.1, 0.15) is 65.7 Å². The molecule has 0 bridgehead atoms. The molecule has 0 aliphatic rings. The fourth-order valence-corrected chi connectivity index (χ4v) is 5.67. The molecule has 0 radical (unpaired) electrons. The largest absolute Gasteiger partial charge is 0.421 e. The Morgan fingerprint density at radius 2 is 1.08 bits per heavy atom. The lowest BCUT2D eigenvalue weighted by molar-refractivity contribution is -0.188. The lowest BCUT2D eigenvalue weighted by atomic mass is 10.1. The molecule has 2 nitrogen and oxygen atoms in total. The average molecular weight is 414 g/mol. The van der Waals surface area contributed by atoms with E-state index in [4.69, 9.17) is 8.85 Å². The summed E-state index contributed by atoms with van der Waals surface area (Å²) in [5.41, 5.74) is -4.39. The summed E-state index contributed by atoms with van der Waals surface area (Å²) >= 11 is 0. The third-order valence-corrected chi connectivity index (χ3v) is 7.87. The van der Waals surface area contributed by atoms with Gasteiger partial charge in [0.05, 0.1) is 0 Å². The number of unbranched alkanes of at least 4 members (excludes halogenated alkanes) is 4. The van der Waals surface area contributed by atoms with Gasteiger partial charge in [0.1, 0.15) is 0 Å². The summed E-state index contributed by atoms with van der Waals surface area (Å²) in [5, 5.41) is 0. The normalized spacial score (nSPS) is 14.1. The first-order valence-corrected chi connectivity index (χ1v) is 11.0. The summed E-state index contributed by atoms with van der Waals surface area (Å²) in [6.45, 7) is 3.95. The Balaban J connectivity index is 4.65. The molecule has 0 heterocycles. The quantitative estimate of drug-likeness (QED) is 0.181. The van der Waals surface area contributed by atoms with E-state index in [1.165, 1.54) is 20.8 Å². The van der Waals surface area contributed by atoms with Gasteiger partial charge in [-0.1, -0.05) is 26.2 Å². The summed E-state index contributed by atoms with van der Waals surface area (Å²) in [7, 11) is -4.44. The van der Waals surface area contributed by atoms with Gasteiger partial charge in [-0.3, -0.25) is 0 Å². The fourth-order valence-electron chi connectivity index (χ4n) is 2.75. The van der Waals surface area contributed by atoms with Crippen molar-refractivity contribution in [3.05, 3.63) is 0 Å². The molecule has 0 saturated heterocycles. The van der Waals surface area contributed by atoms with Crippen LogP contribution in [-0.2, 0) is 8.85 Å². The van der Waals surface area contributed by atoms with E-state index in [1.807, 2.05) is 0 Å². The van der Waals surface area contributed by atoms with Gasteiger partial charge in [-0.15, -0.1) is 0 Å². The summed E-state index contributed by atoms with van der Waals surface area (Å²) in [6, 6.07) is -0.311. The molecule has 0 aromatic rings. The maximum Gasteiger partial charge on any atom is 0.421 e. The SMILES string of the molecule is CCO[Si](CC)(OCC)C(F)(F)C(F)(F)CCCCCCCC(F)(F)F. The van der Waals surface area contributed by atoms with Crippen molar-refractivity contribution in [2.75, 3.05) is 13.2 Å². The Morgan fingerprint density at radius 3 is 1.46 bits per heavy atom. The van der Waals surface area contributed by atoms with E-state index in [0.29, 0.717) is 6.42 Å². The number of alkyl halides is 7. The van der Waals surface area contributed by atoms with Crippen LogP contribution < -0.4 is 0 Å². The average Bonchev–Trinajstić information content (AvgIpc) is 2.52. The Kier molecular flexibility index (Phi) is 10.7. The van der Waals surface area contributed by atoms with E-state index in [2.05, 4.69) is 0 Å². The topological polar surface area (TPSA) is 18.5 Å². The minimum Gasteiger partial charge on any atom is -0.391 e. The van der Waals surface area contributed by atoms with E-state index in [0.717, 1.165) is 0 Å². The number of rotatable bonds is 14. The van der Waals surface area contributed by atoms with E-state index in [9.17, 15) is 30.7 Å². The fraction of sp³-hybridized carbons (Fsp3) is 1.00. The molecule has 26 heavy (non-hydrogen) atoms. The van der Waals surface area contributed by atoms with Gasteiger partial charge < -0.3 is 8.85 Å². The molecule has 0 N–H and O–H groups in total. The Bertz CT molecular complexity index is 383. The van der Waals surface area contributed by atoms with Crippen molar-refractivity contribution in [1.82, 2.24) is 0 Å². The van der Waals surface area contributed by atoms with Crippen molar-refractivity contribution in [1.29, 1.82) is 0 Å².